The standard InChI is InChI=1S/C30H27FN6S/c1-16-7-23-22(5-6-33-29(23)32)17(2)24(16)12-34-28-10-27-25(13-35-28)26(31)15-37(27)14-21-9-19-8-20(18-3-4-18)11-36-30(19)38-21/h5-11,13,15,18H,3-4,12,14H2,1-2H3,(H2,32,33)(H,34,35). The summed E-state index contributed by atoms with van der Waals surface area (Å²) in [4.78, 5) is 15.6. The van der Waals surface area contributed by atoms with E-state index in [1.54, 1.807) is 29.9 Å². The molecule has 5 heterocycles. The molecular weight excluding hydrogens is 495 g/mol. The normalized spacial score (nSPS) is 13.7. The zero-order valence-corrected chi connectivity index (χ0v) is 22.1. The average molecular weight is 523 g/mol. The maximum atomic E-state index is 14.8. The molecule has 6 aromatic rings. The van der Waals surface area contributed by atoms with Gasteiger partial charge in [-0.1, -0.05) is 0 Å². The molecule has 38 heavy (non-hydrogen) atoms. The van der Waals surface area contributed by atoms with Crippen molar-refractivity contribution in [1.29, 1.82) is 0 Å². The van der Waals surface area contributed by atoms with E-state index >= 15 is 0 Å². The summed E-state index contributed by atoms with van der Waals surface area (Å²) in [7, 11) is 0. The first-order valence-electron chi connectivity index (χ1n) is 12.8. The van der Waals surface area contributed by atoms with Crippen molar-refractivity contribution in [3.05, 3.63) is 88.1 Å². The molecule has 0 spiro atoms. The Morgan fingerprint density at radius 3 is 2.76 bits per heavy atom. The molecule has 0 bridgehead atoms. The van der Waals surface area contributed by atoms with E-state index in [0.717, 1.165) is 31.6 Å². The number of aromatic nitrogens is 4. The minimum Gasteiger partial charge on any atom is -0.383 e. The second-order valence-electron chi connectivity index (χ2n) is 10.3. The number of nitrogen functional groups attached to an aromatic ring is 1. The van der Waals surface area contributed by atoms with Crippen molar-refractivity contribution in [3.8, 4) is 0 Å². The Morgan fingerprint density at radius 2 is 1.92 bits per heavy atom. The van der Waals surface area contributed by atoms with E-state index in [4.69, 9.17) is 5.73 Å². The SMILES string of the molecule is Cc1cc2c(N)nccc2c(C)c1CNc1cc2c(cn1)c(F)cn2Cc1cc2cc(C3CC3)cnc2s1. The summed E-state index contributed by atoms with van der Waals surface area (Å²) >= 11 is 1.67. The molecule has 0 atom stereocenters. The van der Waals surface area contributed by atoms with Crippen molar-refractivity contribution in [2.24, 2.45) is 0 Å². The van der Waals surface area contributed by atoms with Gasteiger partial charge in [-0.05, 0) is 84.5 Å². The summed E-state index contributed by atoms with van der Waals surface area (Å²) < 4.78 is 16.8. The van der Waals surface area contributed by atoms with Crippen LogP contribution in [0.2, 0.25) is 0 Å². The lowest BCUT2D eigenvalue weighted by molar-refractivity contribution is 0.630. The third-order valence-corrected chi connectivity index (χ3v) is 8.74. The second kappa shape index (κ2) is 8.77. The van der Waals surface area contributed by atoms with Gasteiger partial charge in [0.05, 0.1) is 17.4 Å². The van der Waals surface area contributed by atoms with Crippen LogP contribution in [0.15, 0.2) is 55.1 Å². The Labute approximate surface area is 223 Å². The third kappa shape index (κ3) is 3.96. The zero-order valence-electron chi connectivity index (χ0n) is 21.3. The molecule has 0 aliphatic heterocycles. The first kappa shape index (κ1) is 23.1. The number of benzene rings is 1. The lowest BCUT2D eigenvalue weighted by Gasteiger charge is -2.15. The lowest BCUT2D eigenvalue weighted by Crippen LogP contribution is -2.06. The van der Waals surface area contributed by atoms with Crippen LogP contribution >= 0.6 is 11.3 Å². The molecule has 0 radical (unpaired) electrons. The number of pyridine rings is 3. The maximum Gasteiger partial charge on any atom is 0.150 e. The van der Waals surface area contributed by atoms with Crippen LogP contribution in [0.4, 0.5) is 16.0 Å². The minimum absolute atomic E-state index is 0.262. The molecule has 1 fully saturated rings. The molecule has 1 aliphatic rings. The van der Waals surface area contributed by atoms with Gasteiger partial charge in [-0.2, -0.15) is 0 Å². The Hall–Kier alpha value is -4.04. The predicted molar refractivity (Wildman–Crippen MR) is 153 cm³/mol. The number of nitrogens with two attached hydrogens (primary N) is 1. The van der Waals surface area contributed by atoms with Gasteiger partial charge in [-0.15, -0.1) is 11.3 Å². The van der Waals surface area contributed by atoms with Crippen LogP contribution in [0.25, 0.3) is 31.9 Å². The van der Waals surface area contributed by atoms with E-state index in [-0.39, 0.29) is 5.82 Å². The fourth-order valence-corrected chi connectivity index (χ4v) is 6.42. The second-order valence-corrected chi connectivity index (χ2v) is 11.4. The first-order valence-corrected chi connectivity index (χ1v) is 13.7. The molecular formula is C30H27FN6S. The Bertz CT molecular complexity index is 1870. The van der Waals surface area contributed by atoms with Crippen LogP contribution in [-0.4, -0.2) is 19.5 Å². The van der Waals surface area contributed by atoms with Gasteiger partial charge in [0, 0.05) is 53.0 Å². The number of anilines is 2. The number of hydrogen-bond acceptors (Lipinski definition) is 6. The molecule has 0 amide bonds. The highest BCUT2D eigenvalue weighted by atomic mass is 32.1. The van der Waals surface area contributed by atoms with Crippen LogP contribution in [0, 0.1) is 19.7 Å². The Balaban J connectivity index is 1.17. The van der Waals surface area contributed by atoms with Crippen molar-refractivity contribution in [3.63, 3.8) is 0 Å². The molecule has 1 aliphatic carbocycles. The third-order valence-electron chi connectivity index (χ3n) is 7.70. The van der Waals surface area contributed by atoms with Crippen LogP contribution < -0.4 is 11.1 Å². The van der Waals surface area contributed by atoms with Crippen molar-refractivity contribution < 1.29 is 4.39 Å². The maximum absolute atomic E-state index is 14.8. The number of hydrogen-bond donors (Lipinski definition) is 2. The van der Waals surface area contributed by atoms with E-state index in [9.17, 15) is 4.39 Å². The Kier molecular flexibility index (Phi) is 5.33. The van der Waals surface area contributed by atoms with Gasteiger partial charge in [-0.3, -0.25) is 0 Å². The smallest absolute Gasteiger partial charge is 0.150 e. The van der Waals surface area contributed by atoms with Gasteiger partial charge in [0.2, 0.25) is 0 Å². The molecule has 1 saturated carbocycles. The lowest BCUT2D eigenvalue weighted by atomic mass is 9.96. The highest BCUT2D eigenvalue weighted by Crippen LogP contribution is 2.41. The molecule has 7 rings (SSSR count). The number of thiophene rings is 1. The molecule has 190 valence electrons. The van der Waals surface area contributed by atoms with Gasteiger partial charge in [0.1, 0.15) is 22.3 Å². The summed E-state index contributed by atoms with van der Waals surface area (Å²) in [5, 5.41) is 7.22. The zero-order chi connectivity index (χ0) is 26.0. The van der Waals surface area contributed by atoms with Crippen molar-refractivity contribution in [2.45, 2.75) is 45.7 Å². The van der Waals surface area contributed by atoms with Crippen LogP contribution in [-0.2, 0) is 13.1 Å². The van der Waals surface area contributed by atoms with Crippen LogP contribution in [0.5, 0.6) is 0 Å². The molecule has 0 saturated heterocycles. The summed E-state index contributed by atoms with van der Waals surface area (Å²) in [6, 6.07) is 10.5. The number of halogens is 1. The highest BCUT2D eigenvalue weighted by molar-refractivity contribution is 7.18. The van der Waals surface area contributed by atoms with Crippen molar-refractivity contribution in [2.75, 3.05) is 11.1 Å². The number of nitrogens with one attached hydrogen (secondary N) is 1. The molecule has 3 N–H and O–H groups in total. The first-order chi connectivity index (χ1) is 18.4. The summed E-state index contributed by atoms with van der Waals surface area (Å²) in [6.45, 7) is 5.38. The van der Waals surface area contributed by atoms with Crippen molar-refractivity contribution in [1.82, 2.24) is 19.5 Å². The van der Waals surface area contributed by atoms with Gasteiger partial charge in [-0.25, -0.2) is 19.3 Å². The highest BCUT2D eigenvalue weighted by Gasteiger charge is 2.24. The van der Waals surface area contributed by atoms with Crippen LogP contribution in [0.3, 0.4) is 0 Å². The summed E-state index contributed by atoms with van der Waals surface area (Å²) in [6.07, 6.45) is 9.46. The van der Waals surface area contributed by atoms with E-state index in [1.165, 1.54) is 34.9 Å². The number of aryl methyl sites for hydroxylation is 2. The molecule has 1 aromatic carbocycles. The van der Waals surface area contributed by atoms with E-state index in [0.29, 0.717) is 36.0 Å². The minimum atomic E-state index is -0.262. The van der Waals surface area contributed by atoms with Gasteiger partial charge >= 0.3 is 0 Å². The van der Waals surface area contributed by atoms with E-state index < -0.39 is 0 Å². The van der Waals surface area contributed by atoms with Gasteiger partial charge in [0.25, 0.3) is 0 Å². The molecule has 6 nitrogen and oxygen atoms in total. The Morgan fingerprint density at radius 1 is 1.05 bits per heavy atom. The van der Waals surface area contributed by atoms with Crippen molar-refractivity contribution >= 4 is 54.9 Å². The predicted octanol–water partition coefficient (Wildman–Crippen LogP) is 7.07. The summed E-state index contributed by atoms with van der Waals surface area (Å²) in [5.74, 6) is 1.66. The van der Waals surface area contributed by atoms with E-state index in [1.807, 2.05) is 22.9 Å². The van der Waals surface area contributed by atoms with Gasteiger partial charge < -0.3 is 15.6 Å². The monoisotopic (exact) mass is 522 g/mol. The number of nitrogens with zero attached hydrogens (tertiary/aromatic N) is 4. The van der Waals surface area contributed by atoms with Crippen LogP contribution in [0.1, 0.15) is 45.9 Å². The molecule has 8 heteroatoms. The fraction of sp³-hybridized carbons (Fsp3) is 0.233. The number of fused-ring (bicyclic) bond motifs is 3. The van der Waals surface area contributed by atoms with Gasteiger partial charge in [0.15, 0.2) is 0 Å². The fourth-order valence-electron chi connectivity index (χ4n) is 5.44. The average Bonchev–Trinajstić information content (AvgIpc) is 3.61. The number of rotatable bonds is 6. The van der Waals surface area contributed by atoms with E-state index in [2.05, 4.69) is 52.3 Å². The quantitative estimate of drug-likeness (QED) is 0.244. The molecule has 0 unspecified atom stereocenters. The molecule has 5 aromatic heterocycles. The topological polar surface area (TPSA) is 81.6 Å². The largest absolute Gasteiger partial charge is 0.383 e. The summed E-state index contributed by atoms with van der Waals surface area (Å²) in [5.41, 5.74) is 11.7.